The van der Waals surface area contributed by atoms with E-state index in [1.54, 1.807) is 0 Å². The maximum absolute atomic E-state index is 5.78. The monoisotopic (exact) mass is 164 g/mol. The van der Waals surface area contributed by atoms with Crippen LogP contribution in [0, 0.1) is 0 Å². The highest BCUT2D eigenvalue weighted by molar-refractivity contribution is 8.31. The van der Waals surface area contributed by atoms with Crippen molar-refractivity contribution in [2.75, 3.05) is 0 Å². The van der Waals surface area contributed by atoms with Crippen molar-refractivity contribution in [3.8, 4) is 0 Å². The molecule has 1 fully saturated rings. The van der Waals surface area contributed by atoms with Crippen LogP contribution in [0.15, 0.2) is 0 Å². The molecule has 2 unspecified atom stereocenters. The van der Waals surface area contributed by atoms with Crippen LogP contribution in [0.5, 0.6) is 0 Å². The number of hydrogen-bond acceptors (Lipinski definition) is 4. The summed E-state index contributed by atoms with van der Waals surface area (Å²) >= 11 is 0. The third-order valence-electron chi connectivity index (χ3n) is 2.03. The van der Waals surface area contributed by atoms with E-state index < -0.39 is 10.4 Å². The molecule has 1 heterocycles. The Morgan fingerprint density at radius 3 is 1.70 bits per heavy atom. The van der Waals surface area contributed by atoms with E-state index in [1.807, 2.05) is 0 Å². The van der Waals surface area contributed by atoms with Gasteiger partial charge in [0.25, 0.3) is 0 Å². The van der Waals surface area contributed by atoms with Crippen LogP contribution in [-0.2, 0) is 0 Å². The van der Waals surface area contributed by atoms with Gasteiger partial charge in [0.05, 0.1) is 10.7 Å². The van der Waals surface area contributed by atoms with Gasteiger partial charge in [0.1, 0.15) is 0 Å². The van der Waals surface area contributed by atoms with Crippen LogP contribution < -0.4 is 21.7 Å². The van der Waals surface area contributed by atoms with Gasteiger partial charge in [0, 0.05) is 0 Å². The van der Waals surface area contributed by atoms with E-state index in [2.05, 4.69) is 0 Å². The van der Waals surface area contributed by atoms with Crippen molar-refractivity contribution < 1.29 is 0 Å². The van der Waals surface area contributed by atoms with Crippen molar-refractivity contribution in [3.05, 3.63) is 0 Å². The summed E-state index contributed by atoms with van der Waals surface area (Å²) in [5.41, 5.74) is 11.4. The molecule has 0 aliphatic carbocycles. The van der Waals surface area contributed by atoms with Gasteiger partial charge in [-0.3, -0.25) is 10.3 Å². The van der Waals surface area contributed by atoms with Crippen LogP contribution in [0.4, 0.5) is 0 Å². The van der Waals surface area contributed by atoms with E-state index in [-0.39, 0.29) is 10.7 Å². The Morgan fingerprint density at radius 1 is 1.00 bits per heavy atom. The first kappa shape index (κ1) is 8.29. The molecule has 1 rings (SSSR count). The van der Waals surface area contributed by atoms with Gasteiger partial charge in [-0.25, -0.2) is 0 Å². The molecule has 0 aromatic rings. The van der Waals surface area contributed by atoms with Crippen molar-refractivity contribution in [2.24, 2.45) is 21.7 Å². The molecule has 0 radical (unpaired) electrons. The summed E-state index contributed by atoms with van der Waals surface area (Å²) < 4.78 is 0. The van der Waals surface area contributed by atoms with Crippen molar-refractivity contribution in [2.45, 2.75) is 30.0 Å². The topological polar surface area (TPSA) is 104 Å². The van der Waals surface area contributed by atoms with Crippen molar-refractivity contribution in [1.29, 1.82) is 0 Å². The Kier molecular flexibility index (Phi) is 2.21. The lowest BCUT2D eigenvalue weighted by Crippen LogP contribution is -2.51. The molecule has 5 heteroatoms. The van der Waals surface area contributed by atoms with Gasteiger partial charge in [0.2, 0.25) is 0 Å². The predicted molar refractivity (Wildman–Crippen MR) is 45.8 cm³/mol. The first-order chi connectivity index (χ1) is 4.55. The molecule has 0 aromatic heterocycles. The van der Waals surface area contributed by atoms with E-state index in [0.29, 0.717) is 0 Å². The summed E-state index contributed by atoms with van der Waals surface area (Å²) in [5, 5.41) is 11.4. The minimum Gasteiger partial charge on any atom is -0.319 e. The lowest BCUT2D eigenvalue weighted by Gasteiger charge is -2.45. The fourth-order valence-electron chi connectivity index (χ4n) is 1.15. The quantitative estimate of drug-likeness (QED) is 0.379. The van der Waals surface area contributed by atoms with Crippen LogP contribution in [0.3, 0.4) is 0 Å². The molecule has 0 saturated carbocycles. The first-order valence-corrected chi connectivity index (χ1v) is 5.31. The molecule has 1 aliphatic heterocycles. The van der Waals surface area contributed by atoms with Crippen LogP contribution in [-0.4, -0.2) is 10.7 Å². The van der Waals surface area contributed by atoms with E-state index in [9.17, 15) is 0 Å². The Labute approximate surface area is 62.9 Å². The van der Waals surface area contributed by atoms with Gasteiger partial charge in [-0.2, -0.15) is 0 Å². The number of rotatable bonds is 0. The van der Waals surface area contributed by atoms with Crippen molar-refractivity contribution in [1.82, 2.24) is 0 Å². The van der Waals surface area contributed by atoms with Gasteiger partial charge < -0.3 is 11.5 Å². The Balaban J connectivity index is 2.63. The van der Waals surface area contributed by atoms with E-state index in [1.165, 1.54) is 0 Å². The number of hydrogen-bond donors (Lipinski definition) is 4. The van der Waals surface area contributed by atoms with Crippen LogP contribution in [0.2, 0.25) is 0 Å². The Hall–Kier alpha value is 0.190. The molecule has 4 nitrogen and oxygen atoms in total. The van der Waals surface area contributed by atoms with Crippen LogP contribution >= 0.6 is 10.4 Å². The lowest BCUT2D eigenvalue weighted by molar-refractivity contribution is 0.604. The van der Waals surface area contributed by atoms with Gasteiger partial charge in [-0.15, -0.1) is 10.4 Å². The summed E-state index contributed by atoms with van der Waals surface area (Å²) in [5.74, 6) is 0. The fraction of sp³-hybridized carbons (Fsp3) is 1.00. The second-order valence-electron chi connectivity index (χ2n) is 2.82. The van der Waals surface area contributed by atoms with Gasteiger partial charge in [0.15, 0.2) is 0 Å². The standard InChI is InChI=1S/C5H16N4S/c6-4-2-1-3-5(7)10(4,8)9/h4-5H,1-3,6-9H2. The highest BCUT2D eigenvalue weighted by atomic mass is 32.3. The van der Waals surface area contributed by atoms with Gasteiger partial charge in [-0.05, 0) is 19.3 Å². The summed E-state index contributed by atoms with van der Waals surface area (Å²) in [7, 11) is -1.68. The molecule has 0 spiro atoms. The van der Waals surface area contributed by atoms with E-state index in [0.717, 1.165) is 19.3 Å². The SMILES string of the molecule is NC1CCCC(N)S1(N)N. The Bertz CT molecular complexity index is 115. The third kappa shape index (κ3) is 1.28. The molecule has 10 heavy (non-hydrogen) atoms. The van der Waals surface area contributed by atoms with Crippen molar-refractivity contribution >= 4 is 10.4 Å². The molecule has 1 saturated heterocycles. The summed E-state index contributed by atoms with van der Waals surface area (Å²) in [6, 6.07) is 0. The molecule has 0 amide bonds. The van der Waals surface area contributed by atoms with Crippen LogP contribution in [0.1, 0.15) is 19.3 Å². The fourth-order valence-corrected chi connectivity index (χ4v) is 2.75. The molecule has 0 bridgehead atoms. The van der Waals surface area contributed by atoms with Crippen molar-refractivity contribution in [3.63, 3.8) is 0 Å². The second-order valence-corrected chi connectivity index (χ2v) is 5.67. The van der Waals surface area contributed by atoms with Crippen LogP contribution in [0.25, 0.3) is 0 Å². The third-order valence-corrected chi connectivity index (χ3v) is 4.59. The van der Waals surface area contributed by atoms with Gasteiger partial charge >= 0.3 is 0 Å². The zero-order chi connectivity index (χ0) is 7.78. The molecule has 62 valence electrons. The maximum atomic E-state index is 5.78. The highest BCUT2D eigenvalue weighted by Gasteiger charge is 2.32. The smallest absolute Gasteiger partial charge is 0.0598 e. The molecule has 0 aromatic carbocycles. The largest absolute Gasteiger partial charge is 0.319 e. The maximum Gasteiger partial charge on any atom is 0.0598 e. The first-order valence-electron chi connectivity index (χ1n) is 3.43. The highest BCUT2D eigenvalue weighted by Crippen LogP contribution is 2.44. The molecular formula is C5H16N4S. The Morgan fingerprint density at radius 2 is 1.40 bits per heavy atom. The molecular weight excluding hydrogens is 148 g/mol. The minimum atomic E-state index is -1.68. The summed E-state index contributed by atoms with van der Waals surface area (Å²) in [6.07, 6.45) is 2.91. The normalized spacial score (nSPS) is 42.8. The molecule has 8 N–H and O–H groups in total. The number of nitrogens with two attached hydrogens (primary N) is 4. The van der Waals surface area contributed by atoms with E-state index >= 15 is 0 Å². The summed E-state index contributed by atoms with van der Waals surface area (Å²) in [6.45, 7) is 0. The zero-order valence-corrected chi connectivity index (χ0v) is 6.81. The second kappa shape index (κ2) is 2.67. The summed E-state index contributed by atoms with van der Waals surface area (Å²) in [4.78, 5) is 0. The molecule has 1 aliphatic rings. The molecule has 2 atom stereocenters. The average Bonchev–Trinajstić information content (AvgIpc) is 1.84. The average molecular weight is 164 g/mol. The lowest BCUT2D eigenvalue weighted by atomic mass is 10.2. The minimum absolute atomic E-state index is 0.0590. The van der Waals surface area contributed by atoms with Gasteiger partial charge in [-0.1, -0.05) is 0 Å². The van der Waals surface area contributed by atoms with E-state index in [4.69, 9.17) is 21.7 Å². The zero-order valence-electron chi connectivity index (χ0n) is 5.99. The predicted octanol–water partition coefficient (Wildman–Crippen LogP) is -0.708.